The average Bonchev–Trinajstić information content (AvgIpc) is 3.28. The van der Waals surface area contributed by atoms with Gasteiger partial charge in [0.25, 0.3) is 5.91 Å². The molecule has 7 heteroatoms. The molecule has 0 aliphatic carbocycles. The van der Waals surface area contributed by atoms with E-state index in [4.69, 9.17) is 9.47 Å². The molecule has 6 nitrogen and oxygen atoms in total. The van der Waals surface area contributed by atoms with Crippen molar-refractivity contribution in [2.45, 2.75) is 19.3 Å². The van der Waals surface area contributed by atoms with Gasteiger partial charge in [-0.3, -0.25) is 9.59 Å². The van der Waals surface area contributed by atoms with Crippen molar-refractivity contribution in [3.8, 4) is 11.5 Å². The lowest BCUT2D eigenvalue weighted by molar-refractivity contribution is -0.126. The second kappa shape index (κ2) is 9.59. The Labute approximate surface area is 169 Å². The third-order valence-corrected chi connectivity index (χ3v) is 5.90. The molecule has 1 N–H and O–H groups in total. The van der Waals surface area contributed by atoms with Crippen LogP contribution in [0.15, 0.2) is 35.7 Å². The van der Waals surface area contributed by atoms with E-state index in [1.807, 2.05) is 40.6 Å². The molecule has 28 heavy (non-hydrogen) atoms. The first-order valence-corrected chi connectivity index (χ1v) is 10.3. The van der Waals surface area contributed by atoms with E-state index < -0.39 is 0 Å². The molecule has 2 amide bonds. The second-order valence-corrected chi connectivity index (χ2v) is 7.72. The largest absolute Gasteiger partial charge is 0.493 e. The Kier molecular flexibility index (Phi) is 6.92. The van der Waals surface area contributed by atoms with E-state index in [9.17, 15) is 9.59 Å². The van der Waals surface area contributed by atoms with Gasteiger partial charge in [0, 0.05) is 25.6 Å². The molecule has 150 valence electrons. The lowest BCUT2D eigenvalue weighted by atomic mass is 9.95. The summed E-state index contributed by atoms with van der Waals surface area (Å²) in [6.45, 7) is 1.83. The number of rotatable bonds is 7. The molecule has 1 saturated heterocycles. The Morgan fingerprint density at radius 2 is 1.89 bits per heavy atom. The first-order chi connectivity index (χ1) is 13.6. The summed E-state index contributed by atoms with van der Waals surface area (Å²) >= 11 is 1.46. The minimum absolute atomic E-state index is 0.0298. The van der Waals surface area contributed by atoms with E-state index in [2.05, 4.69) is 5.32 Å². The van der Waals surface area contributed by atoms with Crippen LogP contribution in [0.2, 0.25) is 0 Å². The molecular weight excluding hydrogens is 376 g/mol. The van der Waals surface area contributed by atoms with Crippen molar-refractivity contribution in [3.05, 3.63) is 46.2 Å². The van der Waals surface area contributed by atoms with E-state index in [-0.39, 0.29) is 17.7 Å². The number of methoxy groups -OCH3 is 2. The standard InChI is InChI=1S/C21H26N2O4S/c1-26-17-6-5-15(14-18(17)27-2)7-10-22-20(24)16-8-11-23(12-9-16)21(25)19-4-3-13-28-19/h3-6,13-14,16H,7-12H2,1-2H3,(H,22,24). The van der Waals surface area contributed by atoms with Gasteiger partial charge in [-0.15, -0.1) is 11.3 Å². The number of nitrogens with one attached hydrogen (secondary N) is 1. The van der Waals surface area contributed by atoms with Crippen LogP contribution >= 0.6 is 11.3 Å². The van der Waals surface area contributed by atoms with Gasteiger partial charge in [-0.05, 0) is 48.4 Å². The van der Waals surface area contributed by atoms with Crippen molar-refractivity contribution >= 4 is 23.2 Å². The van der Waals surface area contributed by atoms with Gasteiger partial charge in [-0.2, -0.15) is 0 Å². The Balaban J connectivity index is 1.43. The molecule has 1 aliphatic rings. The number of amides is 2. The fourth-order valence-corrected chi connectivity index (χ4v) is 4.10. The topological polar surface area (TPSA) is 67.9 Å². The van der Waals surface area contributed by atoms with Gasteiger partial charge < -0.3 is 19.7 Å². The number of likely N-dealkylation sites (tertiary alicyclic amines) is 1. The number of benzene rings is 1. The molecule has 0 atom stereocenters. The predicted octanol–water partition coefficient (Wildman–Crippen LogP) is 2.98. The summed E-state index contributed by atoms with van der Waals surface area (Å²) in [7, 11) is 3.22. The maximum Gasteiger partial charge on any atom is 0.263 e. The van der Waals surface area contributed by atoms with E-state index in [0.717, 1.165) is 16.9 Å². The Morgan fingerprint density at radius 1 is 1.14 bits per heavy atom. The number of hydrogen-bond acceptors (Lipinski definition) is 5. The highest BCUT2D eigenvalue weighted by atomic mass is 32.1. The van der Waals surface area contributed by atoms with Gasteiger partial charge in [-0.25, -0.2) is 0 Å². The summed E-state index contributed by atoms with van der Waals surface area (Å²) in [5, 5.41) is 4.93. The van der Waals surface area contributed by atoms with Crippen LogP contribution in [-0.2, 0) is 11.2 Å². The van der Waals surface area contributed by atoms with Crippen LogP contribution in [0.3, 0.4) is 0 Å². The molecule has 0 saturated carbocycles. The highest BCUT2D eigenvalue weighted by Crippen LogP contribution is 2.27. The zero-order valence-corrected chi connectivity index (χ0v) is 17.1. The smallest absolute Gasteiger partial charge is 0.263 e. The lowest BCUT2D eigenvalue weighted by Crippen LogP contribution is -2.43. The number of carbonyl (C=O) groups is 2. The Morgan fingerprint density at radius 3 is 2.54 bits per heavy atom. The summed E-state index contributed by atoms with van der Waals surface area (Å²) in [5.74, 6) is 1.50. The average molecular weight is 403 g/mol. The number of nitrogens with zero attached hydrogens (tertiary/aromatic N) is 1. The Bertz CT molecular complexity index is 799. The SMILES string of the molecule is COc1ccc(CCNC(=O)C2CCN(C(=O)c3cccs3)CC2)cc1OC. The van der Waals surface area contributed by atoms with Gasteiger partial charge in [0.1, 0.15) is 0 Å². The summed E-state index contributed by atoms with van der Waals surface area (Å²) in [5.41, 5.74) is 1.08. The van der Waals surface area contributed by atoms with Gasteiger partial charge in [0.15, 0.2) is 11.5 Å². The molecule has 0 radical (unpaired) electrons. The van der Waals surface area contributed by atoms with Crippen LogP contribution in [0, 0.1) is 5.92 Å². The maximum absolute atomic E-state index is 12.5. The maximum atomic E-state index is 12.5. The molecule has 0 unspecified atom stereocenters. The monoisotopic (exact) mass is 402 g/mol. The van der Waals surface area contributed by atoms with E-state index in [1.54, 1.807) is 14.2 Å². The lowest BCUT2D eigenvalue weighted by Gasteiger charge is -2.31. The first-order valence-electron chi connectivity index (χ1n) is 9.43. The van der Waals surface area contributed by atoms with Crippen LogP contribution in [0.4, 0.5) is 0 Å². The molecular formula is C21H26N2O4S. The minimum Gasteiger partial charge on any atom is -0.493 e. The van der Waals surface area contributed by atoms with Crippen LogP contribution in [-0.4, -0.2) is 50.6 Å². The van der Waals surface area contributed by atoms with Gasteiger partial charge in [0.2, 0.25) is 5.91 Å². The second-order valence-electron chi connectivity index (χ2n) is 6.77. The van der Waals surface area contributed by atoms with Crippen molar-refractivity contribution < 1.29 is 19.1 Å². The normalized spacial score (nSPS) is 14.6. The van der Waals surface area contributed by atoms with Crippen molar-refractivity contribution in [1.82, 2.24) is 10.2 Å². The minimum atomic E-state index is -0.0298. The van der Waals surface area contributed by atoms with Crippen molar-refractivity contribution in [2.75, 3.05) is 33.9 Å². The Hall–Kier alpha value is -2.54. The van der Waals surface area contributed by atoms with Gasteiger partial charge in [-0.1, -0.05) is 12.1 Å². The number of piperidine rings is 1. The van der Waals surface area contributed by atoms with Gasteiger partial charge in [0.05, 0.1) is 19.1 Å². The summed E-state index contributed by atoms with van der Waals surface area (Å²) in [6, 6.07) is 9.51. The van der Waals surface area contributed by atoms with Crippen molar-refractivity contribution in [1.29, 1.82) is 0 Å². The molecule has 1 aromatic heterocycles. The highest BCUT2D eigenvalue weighted by Gasteiger charge is 2.27. The summed E-state index contributed by atoms with van der Waals surface area (Å²) in [6.07, 6.45) is 2.14. The number of hydrogen-bond donors (Lipinski definition) is 1. The van der Waals surface area contributed by atoms with E-state index in [1.165, 1.54) is 11.3 Å². The summed E-state index contributed by atoms with van der Waals surface area (Å²) < 4.78 is 10.6. The van der Waals surface area contributed by atoms with Crippen LogP contribution in [0.5, 0.6) is 11.5 Å². The van der Waals surface area contributed by atoms with Crippen molar-refractivity contribution in [2.24, 2.45) is 5.92 Å². The molecule has 1 aliphatic heterocycles. The number of carbonyl (C=O) groups excluding carboxylic acids is 2. The molecule has 2 aromatic rings. The zero-order valence-electron chi connectivity index (χ0n) is 16.3. The van der Waals surface area contributed by atoms with E-state index >= 15 is 0 Å². The fourth-order valence-electron chi connectivity index (χ4n) is 3.41. The third-order valence-electron chi connectivity index (χ3n) is 5.05. The molecule has 0 spiro atoms. The number of thiophene rings is 1. The fraction of sp³-hybridized carbons (Fsp3) is 0.429. The first kappa shape index (κ1) is 20.2. The van der Waals surface area contributed by atoms with Crippen molar-refractivity contribution in [3.63, 3.8) is 0 Å². The summed E-state index contributed by atoms with van der Waals surface area (Å²) in [4.78, 5) is 27.4. The van der Waals surface area contributed by atoms with Crippen LogP contribution < -0.4 is 14.8 Å². The molecule has 1 fully saturated rings. The zero-order chi connectivity index (χ0) is 19.9. The molecule has 0 bridgehead atoms. The third kappa shape index (κ3) is 4.84. The predicted molar refractivity (Wildman–Crippen MR) is 109 cm³/mol. The highest BCUT2D eigenvalue weighted by molar-refractivity contribution is 7.12. The van der Waals surface area contributed by atoms with Crippen LogP contribution in [0.1, 0.15) is 28.1 Å². The quantitative estimate of drug-likeness (QED) is 0.773. The number of ether oxygens (including phenoxy) is 2. The van der Waals surface area contributed by atoms with E-state index in [0.29, 0.717) is 44.0 Å². The van der Waals surface area contributed by atoms with Gasteiger partial charge >= 0.3 is 0 Å². The molecule has 1 aromatic carbocycles. The van der Waals surface area contributed by atoms with Crippen LogP contribution in [0.25, 0.3) is 0 Å². The molecule has 2 heterocycles. The molecule has 3 rings (SSSR count).